The van der Waals surface area contributed by atoms with Gasteiger partial charge in [-0.05, 0) is 29.8 Å². The lowest BCUT2D eigenvalue weighted by Crippen LogP contribution is -2.18. The van der Waals surface area contributed by atoms with Crippen LogP contribution in [0.1, 0.15) is 16.8 Å². The fourth-order valence-electron chi connectivity index (χ4n) is 3.00. The second-order valence-electron chi connectivity index (χ2n) is 6.09. The third-order valence-corrected chi connectivity index (χ3v) is 5.30. The molecular weight excluding hydrogens is 346 g/mol. The van der Waals surface area contributed by atoms with Crippen LogP contribution in [0.2, 0.25) is 0 Å². The van der Waals surface area contributed by atoms with E-state index >= 15 is 0 Å². The van der Waals surface area contributed by atoms with Gasteiger partial charge >= 0.3 is 0 Å². The first-order valence-electron chi connectivity index (χ1n) is 8.41. The Hall–Kier alpha value is -2.73. The van der Waals surface area contributed by atoms with Gasteiger partial charge < -0.3 is 10.1 Å². The summed E-state index contributed by atoms with van der Waals surface area (Å²) in [5.74, 6) is 3.28. The molecule has 1 aliphatic rings. The predicted octanol–water partition coefficient (Wildman–Crippen LogP) is 3.81. The molecule has 0 radical (unpaired) electrons. The molecule has 4 rings (SSSR count). The molecule has 0 atom stereocenters. The maximum Gasteiger partial charge on any atom is 0.229 e. The fraction of sp³-hybridized carbons (Fsp3) is 0.200. The Balaban J connectivity index is 1.58. The number of para-hydroxylation sites is 1. The van der Waals surface area contributed by atoms with Gasteiger partial charge in [-0.25, -0.2) is 4.68 Å². The Morgan fingerprint density at radius 2 is 1.92 bits per heavy atom. The van der Waals surface area contributed by atoms with Crippen molar-refractivity contribution in [1.82, 2.24) is 9.78 Å². The van der Waals surface area contributed by atoms with Crippen LogP contribution in [0.25, 0.3) is 5.69 Å². The highest BCUT2D eigenvalue weighted by Crippen LogP contribution is 2.36. The molecule has 5 nitrogen and oxygen atoms in total. The first-order valence-corrected chi connectivity index (χ1v) is 9.57. The highest BCUT2D eigenvalue weighted by molar-refractivity contribution is 7.98. The Bertz CT molecular complexity index is 920. The molecule has 3 aromatic rings. The van der Waals surface area contributed by atoms with Crippen LogP contribution >= 0.6 is 11.8 Å². The van der Waals surface area contributed by atoms with Crippen molar-refractivity contribution < 1.29 is 9.53 Å². The van der Waals surface area contributed by atoms with Gasteiger partial charge in [-0.1, -0.05) is 30.3 Å². The van der Waals surface area contributed by atoms with Gasteiger partial charge in [0, 0.05) is 17.1 Å². The summed E-state index contributed by atoms with van der Waals surface area (Å²) in [6.07, 6.45) is 0.311. The smallest absolute Gasteiger partial charge is 0.229 e. The normalized spacial score (nSPS) is 12.7. The summed E-state index contributed by atoms with van der Waals surface area (Å²) in [6.45, 7) is 0. The number of fused-ring (bicyclic) bond motifs is 1. The lowest BCUT2D eigenvalue weighted by molar-refractivity contribution is -0.115. The maximum absolute atomic E-state index is 12.6. The average molecular weight is 365 g/mol. The lowest BCUT2D eigenvalue weighted by atomic mass is 10.1. The average Bonchev–Trinajstić information content (AvgIpc) is 3.26. The van der Waals surface area contributed by atoms with Crippen molar-refractivity contribution in [3.05, 3.63) is 71.4 Å². The van der Waals surface area contributed by atoms with Gasteiger partial charge in [0.2, 0.25) is 5.91 Å². The zero-order valence-electron chi connectivity index (χ0n) is 14.4. The van der Waals surface area contributed by atoms with Crippen molar-refractivity contribution in [2.45, 2.75) is 17.9 Å². The number of rotatable bonds is 5. The summed E-state index contributed by atoms with van der Waals surface area (Å²) in [4.78, 5) is 12.6. The van der Waals surface area contributed by atoms with Crippen LogP contribution in [0.5, 0.6) is 5.75 Å². The van der Waals surface area contributed by atoms with Gasteiger partial charge in [0.15, 0.2) is 0 Å². The molecule has 1 aliphatic heterocycles. The number of carbonyl (C=O) groups excluding carboxylic acids is 1. The van der Waals surface area contributed by atoms with Crippen LogP contribution in [0.3, 0.4) is 0 Å². The van der Waals surface area contributed by atoms with E-state index in [0.29, 0.717) is 6.42 Å². The predicted molar refractivity (Wildman–Crippen MR) is 104 cm³/mol. The Labute approximate surface area is 156 Å². The van der Waals surface area contributed by atoms with Crippen LogP contribution in [0.15, 0.2) is 54.6 Å². The third-order valence-electron chi connectivity index (χ3n) is 4.33. The fourth-order valence-corrected chi connectivity index (χ4v) is 4.04. The van der Waals surface area contributed by atoms with E-state index in [1.807, 2.05) is 71.0 Å². The number of ether oxygens (including phenoxy) is 1. The van der Waals surface area contributed by atoms with Gasteiger partial charge in [-0.15, -0.1) is 0 Å². The van der Waals surface area contributed by atoms with Crippen LogP contribution in [0.4, 0.5) is 5.82 Å². The molecule has 0 aliphatic carbocycles. The summed E-state index contributed by atoms with van der Waals surface area (Å²) in [5, 5.41) is 7.79. The number of carbonyl (C=O) groups is 1. The monoisotopic (exact) mass is 365 g/mol. The minimum absolute atomic E-state index is 0.0491. The van der Waals surface area contributed by atoms with Gasteiger partial charge in [0.25, 0.3) is 0 Å². The topological polar surface area (TPSA) is 56.1 Å². The molecule has 2 heterocycles. The van der Waals surface area contributed by atoms with E-state index in [1.165, 1.54) is 0 Å². The molecule has 1 amide bonds. The van der Waals surface area contributed by atoms with E-state index in [1.54, 1.807) is 7.11 Å². The van der Waals surface area contributed by atoms with Gasteiger partial charge in [0.05, 0.1) is 24.9 Å². The molecule has 0 spiro atoms. The Morgan fingerprint density at radius 1 is 1.15 bits per heavy atom. The zero-order valence-corrected chi connectivity index (χ0v) is 15.3. The number of nitrogens with one attached hydrogen (secondary N) is 1. The van der Waals surface area contributed by atoms with Gasteiger partial charge in [-0.3, -0.25) is 4.79 Å². The number of benzene rings is 2. The molecular formula is C20H19N3O2S. The molecule has 0 bridgehead atoms. The highest BCUT2D eigenvalue weighted by Gasteiger charge is 2.24. The maximum atomic E-state index is 12.6. The van der Waals surface area contributed by atoms with E-state index in [9.17, 15) is 4.79 Å². The van der Waals surface area contributed by atoms with Crippen LogP contribution in [-0.2, 0) is 22.7 Å². The molecule has 0 saturated carbocycles. The number of anilines is 1. The molecule has 132 valence electrons. The van der Waals surface area contributed by atoms with E-state index < -0.39 is 0 Å². The quantitative estimate of drug-likeness (QED) is 0.747. The van der Waals surface area contributed by atoms with E-state index in [4.69, 9.17) is 9.84 Å². The molecule has 0 unspecified atom stereocenters. The Morgan fingerprint density at radius 3 is 2.65 bits per heavy atom. The summed E-state index contributed by atoms with van der Waals surface area (Å²) < 4.78 is 7.00. The van der Waals surface area contributed by atoms with Gasteiger partial charge in [0.1, 0.15) is 11.6 Å². The summed E-state index contributed by atoms with van der Waals surface area (Å²) in [5.41, 5.74) is 4.08. The van der Waals surface area contributed by atoms with Crippen molar-refractivity contribution in [2.24, 2.45) is 0 Å². The van der Waals surface area contributed by atoms with Crippen molar-refractivity contribution in [3.8, 4) is 11.4 Å². The first kappa shape index (κ1) is 16.7. The third kappa shape index (κ3) is 3.32. The number of thioether (sulfide) groups is 1. The van der Waals surface area contributed by atoms with E-state index in [-0.39, 0.29) is 5.91 Å². The molecule has 1 aromatic heterocycles. The number of methoxy groups -OCH3 is 1. The van der Waals surface area contributed by atoms with Crippen molar-refractivity contribution >= 4 is 23.5 Å². The molecule has 6 heteroatoms. The minimum atomic E-state index is -0.0491. The van der Waals surface area contributed by atoms with Crippen LogP contribution in [-0.4, -0.2) is 22.8 Å². The van der Waals surface area contributed by atoms with E-state index in [2.05, 4.69) is 5.32 Å². The molecule has 0 saturated heterocycles. The summed E-state index contributed by atoms with van der Waals surface area (Å²) >= 11 is 1.82. The lowest BCUT2D eigenvalue weighted by Gasteiger charge is -2.11. The molecule has 26 heavy (non-hydrogen) atoms. The van der Waals surface area contributed by atoms with Crippen molar-refractivity contribution in [3.63, 3.8) is 0 Å². The first-order chi connectivity index (χ1) is 12.7. The SMILES string of the molecule is COc1ccc(CC(=O)Nc2c3c(nn2-c2ccccc2)CSC3)cc1. The van der Waals surface area contributed by atoms with Crippen molar-refractivity contribution in [2.75, 3.05) is 12.4 Å². The summed E-state index contributed by atoms with van der Waals surface area (Å²) in [6, 6.07) is 17.5. The second kappa shape index (κ2) is 7.25. The van der Waals surface area contributed by atoms with E-state index in [0.717, 1.165) is 45.6 Å². The van der Waals surface area contributed by atoms with Gasteiger partial charge in [-0.2, -0.15) is 16.9 Å². The number of hydrogen-bond acceptors (Lipinski definition) is 4. The standard InChI is InChI=1S/C20H19N3O2S/c1-25-16-9-7-14(8-10-16)11-19(24)21-20-17-12-26-13-18(17)22-23(20)15-5-3-2-4-6-15/h2-10H,11-13H2,1H3,(H,21,24). The number of amides is 1. The Kier molecular flexibility index (Phi) is 4.67. The zero-order chi connectivity index (χ0) is 17.9. The number of nitrogens with zero attached hydrogens (tertiary/aromatic N) is 2. The molecule has 1 N–H and O–H groups in total. The largest absolute Gasteiger partial charge is 0.497 e. The minimum Gasteiger partial charge on any atom is -0.497 e. The molecule has 2 aromatic carbocycles. The molecule has 0 fully saturated rings. The van der Waals surface area contributed by atoms with Crippen LogP contribution < -0.4 is 10.1 Å². The second-order valence-corrected chi connectivity index (χ2v) is 7.07. The van der Waals surface area contributed by atoms with Crippen molar-refractivity contribution in [1.29, 1.82) is 0 Å². The summed E-state index contributed by atoms with van der Waals surface area (Å²) in [7, 11) is 1.63. The number of aromatic nitrogens is 2. The highest BCUT2D eigenvalue weighted by atomic mass is 32.2. The van der Waals surface area contributed by atoms with Crippen LogP contribution in [0, 0.1) is 0 Å². The number of hydrogen-bond donors (Lipinski definition) is 1.